The fraction of sp³-hybridized carbons (Fsp3) is 0.467. The van der Waals surface area contributed by atoms with E-state index < -0.39 is 6.04 Å². The third kappa shape index (κ3) is 3.54. The van der Waals surface area contributed by atoms with Gasteiger partial charge < -0.3 is 15.5 Å². The Balaban J connectivity index is 2.21. The van der Waals surface area contributed by atoms with E-state index in [4.69, 9.17) is 11.6 Å². The number of carbonyl (C=O) groups excluding carboxylic acids is 2. The van der Waals surface area contributed by atoms with E-state index >= 15 is 0 Å². The van der Waals surface area contributed by atoms with E-state index in [1.165, 1.54) is 0 Å². The standard InChI is InChI=1S/C15H20ClN3O2/c1-3-18-14(20)13-9-17-6-7-19(13)15(21)11-4-5-12(16)10(2)8-11/h4-5,8,13,17H,3,6-7,9H2,1-2H3,(H,18,20). The van der Waals surface area contributed by atoms with Crippen molar-refractivity contribution in [2.75, 3.05) is 26.2 Å². The van der Waals surface area contributed by atoms with Gasteiger partial charge in [0.15, 0.2) is 0 Å². The van der Waals surface area contributed by atoms with E-state index in [1.807, 2.05) is 13.8 Å². The molecule has 2 N–H and O–H groups in total. The molecule has 1 aromatic carbocycles. The number of aryl methyl sites for hydroxylation is 1. The molecule has 0 spiro atoms. The number of hydrogen-bond acceptors (Lipinski definition) is 3. The fourth-order valence-corrected chi connectivity index (χ4v) is 2.53. The number of piperazine rings is 1. The quantitative estimate of drug-likeness (QED) is 0.882. The van der Waals surface area contributed by atoms with Gasteiger partial charge in [-0.05, 0) is 37.6 Å². The summed E-state index contributed by atoms with van der Waals surface area (Å²) in [5, 5.41) is 6.56. The van der Waals surface area contributed by atoms with Crippen molar-refractivity contribution in [3.63, 3.8) is 0 Å². The SMILES string of the molecule is CCNC(=O)C1CNCCN1C(=O)c1ccc(Cl)c(C)c1. The number of carbonyl (C=O) groups is 2. The maximum atomic E-state index is 12.7. The first-order chi connectivity index (χ1) is 10.0. The molecule has 1 saturated heterocycles. The predicted molar refractivity (Wildman–Crippen MR) is 82.6 cm³/mol. The third-order valence-electron chi connectivity index (χ3n) is 3.56. The molecule has 1 aliphatic rings. The second-order valence-electron chi connectivity index (χ2n) is 5.08. The summed E-state index contributed by atoms with van der Waals surface area (Å²) in [6.45, 7) is 5.96. The summed E-state index contributed by atoms with van der Waals surface area (Å²) in [5.41, 5.74) is 1.42. The molecule has 0 saturated carbocycles. The first-order valence-corrected chi connectivity index (χ1v) is 7.48. The zero-order valence-electron chi connectivity index (χ0n) is 12.3. The van der Waals surface area contributed by atoms with Gasteiger partial charge in [-0.15, -0.1) is 0 Å². The fourth-order valence-electron chi connectivity index (χ4n) is 2.42. The van der Waals surface area contributed by atoms with Crippen LogP contribution in [0.25, 0.3) is 0 Å². The number of benzene rings is 1. The summed E-state index contributed by atoms with van der Waals surface area (Å²) in [7, 11) is 0. The number of rotatable bonds is 3. The van der Waals surface area contributed by atoms with E-state index in [2.05, 4.69) is 10.6 Å². The minimum Gasteiger partial charge on any atom is -0.355 e. The molecule has 2 amide bonds. The molecule has 1 fully saturated rings. The van der Waals surface area contributed by atoms with Crippen molar-refractivity contribution in [2.24, 2.45) is 0 Å². The number of halogens is 1. The molecule has 0 bridgehead atoms. The first kappa shape index (κ1) is 15.8. The topological polar surface area (TPSA) is 61.4 Å². The third-order valence-corrected chi connectivity index (χ3v) is 3.99. The monoisotopic (exact) mass is 309 g/mol. The Morgan fingerprint density at radius 1 is 1.48 bits per heavy atom. The van der Waals surface area contributed by atoms with Crippen LogP contribution < -0.4 is 10.6 Å². The number of likely N-dealkylation sites (N-methyl/N-ethyl adjacent to an activating group) is 1. The minimum atomic E-state index is -0.470. The number of amides is 2. The summed E-state index contributed by atoms with van der Waals surface area (Å²) in [5.74, 6) is -0.253. The van der Waals surface area contributed by atoms with Gasteiger partial charge in [0.2, 0.25) is 5.91 Å². The van der Waals surface area contributed by atoms with E-state index in [9.17, 15) is 9.59 Å². The van der Waals surface area contributed by atoms with Gasteiger partial charge in [0.1, 0.15) is 6.04 Å². The predicted octanol–water partition coefficient (Wildman–Crippen LogP) is 1.20. The summed E-state index contributed by atoms with van der Waals surface area (Å²) < 4.78 is 0. The van der Waals surface area contributed by atoms with Crippen LogP contribution in [-0.2, 0) is 4.79 Å². The normalized spacial score (nSPS) is 18.4. The molecule has 1 aromatic rings. The molecular formula is C15H20ClN3O2. The van der Waals surface area contributed by atoms with Crippen LogP contribution in [0.1, 0.15) is 22.8 Å². The highest BCUT2D eigenvalue weighted by Crippen LogP contribution is 2.18. The lowest BCUT2D eigenvalue weighted by molar-refractivity contribution is -0.126. The van der Waals surface area contributed by atoms with Crippen molar-refractivity contribution >= 4 is 23.4 Å². The molecule has 5 nitrogen and oxygen atoms in total. The Bertz CT molecular complexity index is 548. The Kier molecular flexibility index (Phi) is 5.20. The van der Waals surface area contributed by atoms with Crippen molar-refractivity contribution in [1.82, 2.24) is 15.5 Å². The minimum absolute atomic E-state index is 0.122. The van der Waals surface area contributed by atoms with Crippen LogP contribution in [0.2, 0.25) is 5.02 Å². The Labute approximate surface area is 129 Å². The average Bonchev–Trinajstić information content (AvgIpc) is 2.49. The molecule has 1 aliphatic heterocycles. The van der Waals surface area contributed by atoms with Crippen LogP contribution in [0.15, 0.2) is 18.2 Å². The van der Waals surface area contributed by atoms with Gasteiger partial charge in [-0.3, -0.25) is 9.59 Å². The summed E-state index contributed by atoms with van der Waals surface area (Å²) in [6.07, 6.45) is 0. The summed E-state index contributed by atoms with van der Waals surface area (Å²) in [6, 6.07) is 4.71. The van der Waals surface area contributed by atoms with Gasteiger partial charge in [-0.2, -0.15) is 0 Å². The molecule has 0 aromatic heterocycles. The molecular weight excluding hydrogens is 290 g/mol. The lowest BCUT2D eigenvalue weighted by atomic mass is 10.1. The molecule has 1 heterocycles. The molecule has 0 radical (unpaired) electrons. The maximum absolute atomic E-state index is 12.7. The highest BCUT2D eigenvalue weighted by Gasteiger charge is 2.32. The lowest BCUT2D eigenvalue weighted by Gasteiger charge is -2.35. The average molecular weight is 310 g/mol. The van der Waals surface area contributed by atoms with Gasteiger partial charge in [0.25, 0.3) is 5.91 Å². The molecule has 1 atom stereocenters. The van der Waals surface area contributed by atoms with Crippen LogP contribution in [0.3, 0.4) is 0 Å². The van der Waals surface area contributed by atoms with Crippen LogP contribution in [-0.4, -0.2) is 48.9 Å². The second kappa shape index (κ2) is 6.91. The van der Waals surface area contributed by atoms with Crippen LogP contribution in [0.5, 0.6) is 0 Å². The number of nitrogens with one attached hydrogen (secondary N) is 2. The van der Waals surface area contributed by atoms with Crippen molar-refractivity contribution in [2.45, 2.75) is 19.9 Å². The van der Waals surface area contributed by atoms with Gasteiger partial charge in [0, 0.05) is 36.8 Å². The van der Waals surface area contributed by atoms with Crippen LogP contribution >= 0.6 is 11.6 Å². The van der Waals surface area contributed by atoms with Gasteiger partial charge >= 0.3 is 0 Å². The lowest BCUT2D eigenvalue weighted by Crippen LogP contribution is -2.59. The highest BCUT2D eigenvalue weighted by atomic mass is 35.5. The zero-order valence-corrected chi connectivity index (χ0v) is 13.0. The summed E-state index contributed by atoms with van der Waals surface area (Å²) in [4.78, 5) is 26.4. The number of nitrogens with zero attached hydrogens (tertiary/aromatic N) is 1. The Morgan fingerprint density at radius 3 is 2.90 bits per heavy atom. The largest absolute Gasteiger partial charge is 0.355 e. The van der Waals surface area contributed by atoms with E-state index in [-0.39, 0.29) is 11.8 Å². The molecule has 21 heavy (non-hydrogen) atoms. The summed E-state index contributed by atoms with van der Waals surface area (Å²) >= 11 is 5.99. The molecule has 0 aliphatic carbocycles. The van der Waals surface area contributed by atoms with Crippen LogP contribution in [0.4, 0.5) is 0 Å². The zero-order chi connectivity index (χ0) is 15.4. The van der Waals surface area contributed by atoms with Crippen molar-refractivity contribution in [1.29, 1.82) is 0 Å². The second-order valence-corrected chi connectivity index (χ2v) is 5.48. The van der Waals surface area contributed by atoms with E-state index in [1.54, 1.807) is 23.1 Å². The van der Waals surface area contributed by atoms with Gasteiger partial charge in [-0.1, -0.05) is 11.6 Å². The molecule has 2 rings (SSSR count). The Morgan fingerprint density at radius 2 is 2.24 bits per heavy atom. The Hall–Kier alpha value is -1.59. The first-order valence-electron chi connectivity index (χ1n) is 7.10. The number of hydrogen-bond donors (Lipinski definition) is 2. The molecule has 114 valence electrons. The van der Waals surface area contributed by atoms with Crippen molar-refractivity contribution in [3.8, 4) is 0 Å². The highest BCUT2D eigenvalue weighted by molar-refractivity contribution is 6.31. The molecule has 1 unspecified atom stereocenters. The smallest absolute Gasteiger partial charge is 0.254 e. The van der Waals surface area contributed by atoms with Crippen molar-refractivity contribution in [3.05, 3.63) is 34.3 Å². The van der Waals surface area contributed by atoms with E-state index in [0.717, 1.165) is 5.56 Å². The van der Waals surface area contributed by atoms with E-state index in [0.29, 0.717) is 36.8 Å². The van der Waals surface area contributed by atoms with Gasteiger partial charge in [-0.25, -0.2) is 0 Å². The van der Waals surface area contributed by atoms with Gasteiger partial charge in [0.05, 0.1) is 0 Å². The van der Waals surface area contributed by atoms with Crippen molar-refractivity contribution < 1.29 is 9.59 Å². The maximum Gasteiger partial charge on any atom is 0.254 e. The molecule has 6 heteroatoms. The van der Waals surface area contributed by atoms with Crippen LogP contribution in [0, 0.1) is 6.92 Å².